The van der Waals surface area contributed by atoms with Gasteiger partial charge in [-0.1, -0.05) is 24.3 Å². The number of hydrogen-bond donors (Lipinski definition) is 2. The van der Waals surface area contributed by atoms with Crippen molar-refractivity contribution in [1.29, 1.82) is 0 Å². The van der Waals surface area contributed by atoms with Crippen LogP contribution in [0.15, 0.2) is 77.7 Å². The SMILES string of the molecule is Cc1cc(C(=O)Nc2cccc(N(C)S(C)(=O)=O)c2)ccc1NS(=O)(=O)c1ccccc1. The molecule has 0 heterocycles. The van der Waals surface area contributed by atoms with Gasteiger partial charge in [-0.2, -0.15) is 0 Å². The van der Waals surface area contributed by atoms with E-state index in [0.29, 0.717) is 28.2 Å². The Bertz CT molecular complexity index is 1360. The number of carbonyl (C=O) groups is 1. The second-order valence-corrected chi connectivity index (χ2v) is 10.9. The largest absolute Gasteiger partial charge is 0.322 e. The van der Waals surface area contributed by atoms with Crippen LogP contribution in [-0.4, -0.2) is 36.0 Å². The number of nitrogens with one attached hydrogen (secondary N) is 2. The summed E-state index contributed by atoms with van der Waals surface area (Å²) in [5, 5.41) is 2.73. The molecule has 0 bridgehead atoms. The number of nitrogens with zero attached hydrogens (tertiary/aromatic N) is 1. The van der Waals surface area contributed by atoms with Crippen molar-refractivity contribution in [3.8, 4) is 0 Å². The zero-order valence-electron chi connectivity index (χ0n) is 17.7. The first-order valence-electron chi connectivity index (χ1n) is 9.51. The molecule has 8 nitrogen and oxygen atoms in total. The van der Waals surface area contributed by atoms with E-state index < -0.39 is 26.0 Å². The van der Waals surface area contributed by atoms with Crippen LogP contribution in [0.4, 0.5) is 17.1 Å². The third-order valence-corrected chi connectivity index (χ3v) is 7.34. The molecular weight excluding hydrogens is 450 g/mol. The number of rotatable bonds is 7. The highest BCUT2D eigenvalue weighted by Gasteiger charge is 2.17. The van der Waals surface area contributed by atoms with Gasteiger partial charge in [0.1, 0.15) is 0 Å². The lowest BCUT2D eigenvalue weighted by molar-refractivity contribution is 0.102. The summed E-state index contributed by atoms with van der Waals surface area (Å²) in [5.41, 5.74) is 2.10. The van der Waals surface area contributed by atoms with Gasteiger partial charge in [-0.05, 0) is 61.0 Å². The second kappa shape index (κ2) is 9.01. The quantitative estimate of drug-likeness (QED) is 0.546. The molecule has 168 valence electrons. The molecule has 3 aromatic rings. The first-order valence-corrected chi connectivity index (χ1v) is 12.8. The van der Waals surface area contributed by atoms with E-state index >= 15 is 0 Å². The molecule has 0 atom stereocenters. The van der Waals surface area contributed by atoms with Crippen LogP contribution in [0.1, 0.15) is 15.9 Å². The topological polar surface area (TPSA) is 113 Å². The first kappa shape index (κ1) is 23.3. The molecule has 2 N–H and O–H groups in total. The highest BCUT2D eigenvalue weighted by Crippen LogP contribution is 2.23. The molecule has 0 unspecified atom stereocenters. The second-order valence-electron chi connectivity index (χ2n) is 7.18. The molecular formula is C22H23N3O5S2. The maximum atomic E-state index is 12.7. The molecule has 0 aliphatic rings. The Hall–Kier alpha value is -3.37. The van der Waals surface area contributed by atoms with Gasteiger partial charge in [0.15, 0.2) is 0 Å². The Balaban J connectivity index is 1.77. The van der Waals surface area contributed by atoms with Gasteiger partial charge in [-0.25, -0.2) is 16.8 Å². The van der Waals surface area contributed by atoms with Crippen molar-refractivity contribution in [3.63, 3.8) is 0 Å². The summed E-state index contributed by atoms with van der Waals surface area (Å²) in [7, 11) is -5.76. The van der Waals surface area contributed by atoms with E-state index in [2.05, 4.69) is 10.0 Å². The predicted molar refractivity (Wildman–Crippen MR) is 126 cm³/mol. The Morgan fingerprint density at radius 2 is 1.56 bits per heavy atom. The average molecular weight is 474 g/mol. The molecule has 0 saturated heterocycles. The Morgan fingerprint density at radius 1 is 0.875 bits per heavy atom. The van der Waals surface area contributed by atoms with E-state index in [1.54, 1.807) is 55.5 Å². The Labute approximate surface area is 188 Å². The molecule has 0 saturated carbocycles. The van der Waals surface area contributed by atoms with Crippen LogP contribution in [0.5, 0.6) is 0 Å². The van der Waals surface area contributed by atoms with Crippen LogP contribution in [0.3, 0.4) is 0 Å². The van der Waals surface area contributed by atoms with Crippen molar-refractivity contribution >= 4 is 43.0 Å². The van der Waals surface area contributed by atoms with Crippen LogP contribution < -0.4 is 14.3 Å². The third kappa shape index (κ3) is 5.45. The molecule has 10 heteroatoms. The lowest BCUT2D eigenvalue weighted by atomic mass is 10.1. The fraction of sp³-hybridized carbons (Fsp3) is 0.136. The van der Waals surface area contributed by atoms with Crippen LogP contribution in [0, 0.1) is 6.92 Å². The van der Waals surface area contributed by atoms with Crippen molar-refractivity contribution in [2.75, 3.05) is 27.6 Å². The van der Waals surface area contributed by atoms with Gasteiger partial charge in [-0.3, -0.25) is 13.8 Å². The Morgan fingerprint density at radius 3 is 2.19 bits per heavy atom. The van der Waals surface area contributed by atoms with Gasteiger partial charge < -0.3 is 5.32 Å². The van der Waals surface area contributed by atoms with Gasteiger partial charge in [0.2, 0.25) is 10.0 Å². The zero-order chi connectivity index (χ0) is 23.5. The number of hydrogen-bond acceptors (Lipinski definition) is 5. The van der Waals surface area contributed by atoms with E-state index in [1.165, 1.54) is 31.3 Å². The van der Waals surface area contributed by atoms with Gasteiger partial charge in [0.05, 0.1) is 22.5 Å². The first-order chi connectivity index (χ1) is 15.0. The van der Waals surface area contributed by atoms with Gasteiger partial charge in [0, 0.05) is 18.3 Å². The predicted octanol–water partition coefficient (Wildman–Crippen LogP) is 3.44. The van der Waals surface area contributed by atoms with Crippen molar-refractivity contribution in [2.24, 2.45) is 0 Å². The highest BCUT2D eigenvalue weighted by molar-refractivity contribution is 7.92. The summed E-state index contributed by atoms with van der Waals surface area (Å²) < 4.78 is 52.2. The van der Waals surface area contributed by atoms with Crippen LogP contribution in [0.2, 0.25) is 0 Å². The van der Waals surface area contributed by atoms with Crippen LogP contribution in [-0.2, 0) is 20.0 Å². The number of amides is 1. The molecule has 0 spiro atoms. The monoisotopic (exact) mass is 473 g/mol. The lowest BCUT2D eigenvalue weighted by Gasteiger charge is -2.17. The molecule has 32 heavy (non-hydrogen) atoms. The molecule has 3 rings (SSSR count). The van der Waals surface area contributed by atoms with E-state index in [-0.39, 0.29) is 4.90 Å². The molecule has 3 aromatic carbocycles. The number of aryl methyl sites for hydroxylation is 1. The number of sulfonamides is 2. The van der Waals surface area contributed by atoms with Gasteiger partial charge >= 0.3 is 0 Å². The third-order valence-electron chi connectivity index (χ3n) is 4.75. The molecule has 0 radical (unpaired) electrons. The molecule has 0 aliphatic heterocycles. The number of anilines is 3. The summed E-state index contributed by atoms with van der Waals surface area (Å²) in [6.07, 6.45) is 1.09. The van der Waals surface area contributed by atoms with Crippen molar-refractivity contribution in [1.82, 2.24) is 0 Å². The maximum absolute atomic E-state index is 12.7. The summed E-state index contributed by atoms with van der Waals surface area (Å²) in [6.45, 7) is 1.70. The van der Waals surface area contributed by atoms with Crippen LogP contribution >= 0.6 is 0 Å². The maximum Gasteiger partial charge on any atom is 0.261 e. The van der Waals surface area contributed by atoms with Crippen LogP contribution in [0.25, 0.3) is 0 Å². The van der Waals surface area contributed by atoms with E-state index in [9.17, 15) is 21.6 Å². The fourth-order valence-electron chi connectivity index (χ4n) is 2.90. The summed E-state index contributed by atoms with van der Waals surface area (Å²) in [5.74, 6) is -0.412. The molecule has 0 aliphatic carbocycles. The summed E-state index contributed by atoms with van der Waals surface area (Å²) >= 11 is 0. The zero-order valence-corrected chi connectivity index (χ0v) is 19.4. The molecule has 0 fully saturated rings. The van der Waals surface area contributed by atoms with Crippen molar-refractivity contribution in [3.05, 3.63) is 83.9 Å². The highest BCUT2D eigenvalue weighted by atomic mass is 32.2. The van der Waals surface area contributed by atoms with E-state index in [4.69, 9.17) is 0 Å². The summed E-state index contributed by atoms with van der Waals surface area (Å²) in [6, 6.07) is 19.1. The standard InChI is InChI=1S/C22H23N3O5S2/c1-16-14-17(12-13-21(16)24-32(29,30)20-10-5-4-6-11-20)22(26)23-18-8-7-9-19(15-18)25(2)31(3,27)28/h4-15,24H,1-3H3,(H,23,26). The minimum Gasteiger partial charge on any atom is -0.322 e. The smallest absolute Gasteiger partial charge is 0.261 e. The minimum atomic E-state index is -3.75. The fourth-order valence-corrected chi connectivity index (χ4v) is 4.55. The molecule has 0 aromatic heterocycles. The lowest BCUT2D eigenvalue weighted by Crippen LogP contribution is -2.24. The van der Waals surface area contributed by atoms with Gasteiger partial charge in [-0.15, -0.1) is 0 Å². The normalized spacial score (nSPS) is 11.6. The summed E-state index contributed by atoms with van der Waals surface area (Å²) in [4.78, 5) is 12.8. The van der Waals surface area contributed by atoms with Gasteiger partial charge in [0.25, 0.3) is 15.9 Å². The van der Waals surface area contributed by atoms with E-state index in [0.717, 1.165) is 10.6 Å². The Kier molecular flexibility index (Phi) is 6.56. The minimum absolute atomic E-state index is 0.139. The average Bonchev–Trinajstić information content (AvgIpc) is 2.74. The number of carbonyl (C=O) groups excluding carboxylic acids is 1. The van der Waals surface area contributed by atoms with E-state index in [1.807, 2.05) is 0 Å². The number of benzene rings is 3. The van der Waals surface area contributed by atoms with Crippen molar-refractivity contribution < 1.29 is 21.6 Å². The molecule has 1 amide bonds. The van der Waals surface area contributed by atoms with Crippen molar-refractivity contribution in [2.45, 2.75) is 11.8 Å².